The predicted molar refractivity (Wildman–Crippen MR) is 88.8 cm³/mol. The number of hydrogen-bond acceptors (Lipinski definition) is 4. The molecule has 0 saturated carbocycles. The van der Waals surface area contributed by atoms with E-state index in [1.54, 1.807) is 6.07 Å². The molecule has 118 valence electrons. The van der Waals surface area contributed by atoms with E-state index in [4.69, 9.17) is 5.73 Å². The summed E-state index contributed by atoms with van der Waals surface area (Å²) in [6.07, 6.45) is 1.04. The lowest BCUT2D eigenvalue weighted by Gasteiger charge is -2.35. The number of benzene rings is 1. The lowest BCUT2D eigenvalue weighted by atomic mass is 10.1. The highest BCUT2D eigenvalue weighted by atomic mass is 19.1. The third kappa shape index (κ3) is 3.05. The molecule has 4 nitrogen and oxygen atoms in total. The van der Waals surface area contributed by atoms with Crippen LogP contribution in [0.3, 0.4) is 0 Å². The maximum absolute atomic E-state index is 14.0. The Morgan fingerprint density at radius 2 is 2.00 bits per heavy atom. The quantitative estimate of drug-likeness (QED) is 0.940. The van der Waals surface area contributed by atoms with Gasteiger partial charge in [-0.1, -0.05) is 12.1 Å². The highest BCUT2D eigenvalue weighted by Gasteiger charge is 2.18. The molecule has 2 aromatic rings. The molecule has 1 aliphatic rings. The van der Waals surface area contributed by atoms with Crippen LogP contribution in [0.4, 0.5) is 10.2 Å². The Bertz CT molecular complexity index is 650. The summed E-state index contributed by atoms with van der Waals surface area (Å²) < 4.78 is 14.0. The molecular formula is C17H23FN4. The molecular weight excluding hydrogens is 279 g/mol. The first-order valence-electron chi connectivity index (χ1n) is 7.92. The first-order chi connectivity index (χ1) is 10.7. The lowest BCUT2D eigenvalue weighted by Crippen LogP contribution is -2.47. The van der Waals surface area contributed by atoms with Gasteiger partial charge in [-0.2, -0.15) is 0 Å². The highest BCUT2D eigenvalue weighted by Crippen LogP contribution is 2.25. The summed E-state index contributed by atoms with van der Waals surface area (Å²) in [6, 6.07) is 7.21. The van der Waals surface area contributed by atoms with Crippen molar-refractivity contribution in [1.82, 2.24) is 9.88 Å². The summed E-state index contributed by atoms with van der Waals surface area (Å²) in [5.41, 5.74) is 7.11. The zero-order valence-electron chi connectivity index (χ0n) is 13.1. The predicted octanol–water partition coefficient (Wildman–Crippen LogP) is 2.15. The van der Waals surface area contributed by atoms with Gasteiger partial charge in [0.05, 0.1) is 0 Å². The minimum absolute atomic E-state index is 0.246. The van der Waals surface area contributed by atoms with Gasteiger partial charge in [-0.25, -0.2) is 9.37 Å². The molecule has 1 fully saturated rings. The van der Waals surface area contributed by atoms with E-state index in [1.807, 2.05) is 13.0 Å². The minimum atomic E-state index is -0.246. The van der Waals surface area contributed by atoms with E-state index in [0.717, 1.165) is 62.5 Å². The van der Waals surface area contributed by atoms with Crippen molar-refractivity contribution in [2.45, 2.75) is 13.3 Å². The number of aromatic nitrogens is 1. The summed E-state index contributed by atoms with van der Waals surface area (Å²) in [6.45, 7) is 7.69. The lowest BCUT2D eigenvalue weighted by molar-refractivity contribution is 0.256. The van der Waals surface area contributed by atoms with Crippen LogP contribution in [0.2, 0.25) is 0 Å². The largest absolute Gasteiger partial charge is 0.354 e. The van der Waals surface area contributed by atoms with E-state index in [9.17, 15) is 4.39 Å². The number of anilines is 1. The van der Waals surface area contributed by atoms with Gasteiger partial charge in [0, 0.05) is 31.6 Å². The van der Waals surface area contributed by atoms with Gasteiger partial charge < -0.3 is 10.6 Å². The Kier molecular flexibility index (Phi) is 4.55. The fourth-order valence-corrected chi connectivity index (χ4v) is 3.04. The number of rotatable bonds is 4. The van der Waals surface area contributed by atoms with E-state index >= 15 is 0 Å². The van der Waals surface area contributed by atoms with E-state index in [1.165, 1.54) is 6.07 Å². The molecule has 0 unspecified atom stereocenters. The summed E-state index contributed by atoms with van der Waals surface area (Å²) >= 11 is 0. The normalized spacial score (nSPS) is 16.4. The number of para-hydroxylation sites is 1. The van der Waals surface area contributed by atoms with Gasteiger partial charge in [0.2, 0.25) is 0 Å². The zero-order chi connectivity index (χ0) is 15.5. The molecule has 5 heteroatoms. The smallest absolute Gasteiger partial charge is 0.149 e. The van der Waals surface area contributed by atoms with E-state index in [0.29, 0.717) is 5.52 Å². The molecule has 0 radical (unpaired) electrons. The molecule has 0 spiro atoms. The standard InChI is InChI=1S/C17H23FN4/c1-13-12-16(20-17-14(13)4-2-5-15(17)18)22-10-8-21(9-11-22)7-3-6-19/h2,4-5,12H,3,6-11,19H2,1H3. The SMILES string of the molecule is Cc1cc(N2CCN(CCCN)CC2)nc2c(F)cccc12. The molecule has 0 amide bonds. The molecule has 2 N–H and O–H groups in total. The molecule has 2 heterocycles. The van der Waals surface area contributed by atoms with Crippen LogP contribution in [0.5, 0.6) is 0 Å². The number of piperazine rings is 1. The van der Waals surface area contributed by atoms with Crippen molar-refractivity contribution < 1.29 is 4.39 Å². The number of nitrogens with zero attached hydrogens (tertiary/aromatic N) is 3. The number of hydrogen-bond donors (Lipinski definition) is 1. The second-order valence-electron chi connectivity index (χ2n) is 5.90. The van der Waals surface area contributed by atoms with Crippen LogP contribution in [0.1, 0.15) is 12.0 Å². The van der Waals surface area contributed by atoms with Crippen LogP contribution >= 0.6 is 0 Å². The maximum Gasteiger partial charge on any atom is 0.149 e. The van der Waals surface area contributed by atoms with Crippen LogP contribution in [-0.4, -0.2) is 49.2 Å². The average Bonchev–Trinajstić information content (AvgIpc) is 2.54. The van der Waals surface area contributed by atoms with Gasteiger partial charge in [-0.05, 0) is 44.1 Å². The van der Waals surface area contributed by atoms with Crippen molar-refractivity contribution in [3.63, 3.8) is 0 Å². The minimum Gasteiger partial charge on any atom is -0.354 e. The summed E-state index contributed by atoms with van der Waals surface area (Å²) in [4.78, 5) is 9.24. The summed E-state index contributed by atoms with van der Waals surface area (Å²) in [5, 5.41) is 0.894. The zero-order valence-corrected chi connectivity index (χ0v) is 13.1. The van der Waals surface area contributed by atoms with Crippen molar-refractivity contribution >= 4 is 16.7 Å². The number of aryl methyl sites for hydroxylation is 1. The van der Waals surface area contributed by atoms with E-state index in [-0.39, 0.29) is 5.82 Å². The van der Waals surface area contributed by atoms with E-state index in [2.05, 4.69) is 20.9 Å². The molecule has 1 saturated heterocycles. The number of pyridine rings is 1. The van der Waals surface area contributed by atoms with Crippen molar-refractivity contribution in [2.75, 3.05) is 44.2 Å². The number of halogens is 1. The van der Waals surface area contributed by atoms with Crippen LogP contribution < -0.4 is 10.6 Å². The highest BCUT2D eigenvalue weighted by molar-refractivity contribution is 5.84. The Balaban J connectivity index is 1.79. The Morgan fingerprint density at radius 1 is 1.23 bits per heavy atom. The number of nitrogens with two attached hydrogens (primary N) is 1. The second-order valence-corrected chi connectivity index (χ2v) is 5.90. The Morgan fingerprint density at radius 3 is 2.73 bits per heavy atom. The molecule has 22 heavy (non-hydrogen) atoms. The third-order valence-electron chi connectivity index (χ3n) is 4.36. The molecule has 3 rings (SSSR count). The number of fused-ring (bicyclic) bond motifs is 1. The van der Waals surface area contributed by atoms with E-state index < -0.39 is 0 Å². The van der Waals surface area contributed by atoms with Crippen molar-refractivity contribution in [2.24, 2.45) is 5.73 Å². The maximum atomic E-state index is 14.0. The van der Waals surface area contributed by atoms with Gasteiger partial charge >= 0.3 is 0 Å². The fraction of sp³-hybridized carbons (Fsp3) is 0.471. The van der Waals surface area contributed by atoms with Crippen LogP contribution in [0.25, 0.3) is 10.9 Å². The van der Waals surface area contributed by atoms with Crippen molar-refractivity contribution in [1.29, 1.82) is 0 Å². The first-order valence-corrected chi connectivity index (χ1v) is 7.92. The Hall–Kier alpha value is -1.72. The van der Waals surface area contributed by atoms with Gasteiger partial charge in [-0.3, -0.25) is 4.90 Å². The van der Waals surface area contributed by atoms with Gasteiger partial charge in [0.25, 0.3) is 0 Å². The molecule has 1 aliphatic heterocycles. The monoisotopic (exact) mass is 302 g/mol. The third-order valence-corrected chi connectivity index (χ3v) is 4.36. The fourth-order valence-electron chi connectivity index (χ4n) is 3.04. The van der Waals surface area contributed by atoms with Gasteiger partial charge in [0.15, 0.2) is 0 Å². The first kappa shape index (κ1) is 15.2. The van der Waals surface area contributed by atoms with Gasteiger partial charge in [-0.15, -0.1) is 0 Å². The topological polar surface area (TPSA) is 45.4 Å². The van der Waals surface area contributed by atoms with Crippen LogP contribution in [0, 0.1) is 12.7 Å². The molecule has 0 atom stereocenters. The van der Waals surface area contributed by atoms with Gasteiger partial charge in [0.1, 0.15) is 17.2 Å². The van der Waals surface area contributed by atoms with Crippen LogP contribution in [-0.2, 0) is 0 Å². The Labute approximate surface area is 130 Å². The molecule has 0 bridgehead atoms. The second kappa shape index (κ2) is 6.58. The summed E-state index contributed by atoms with van der Waals surface area (Å²) in [7, 11) is 0. The molecule has 1 aromatic heterocycles. The summed E-state index contributed by atoms with van der Waals surface area (Å²) in [5.74, 6) is 0.637. The van der Waals surface area contributed by atoms with Crippen LogP contribution in [0.15, 0.2) is 24.3 Å². The molecule has 0 aliphatic carbocycles. The van der Waals surface area contributed by atoms with Crippen molar-refractivity contribution in [3.8, 4) is 0 Å². The molecule has 1 aromatic carbocycles. The average molecular weight is 302 g/mol. The van der Waals surface area contributed by atoms with Crippen molar-refractivity contribution in [3.05, 3.63) is 35.6 Å².